The van der Waals surface area contributed by atoms with E-state index in [9.17, 15) is 28.8 Å². The minimum absolute atomic E-state index is 0.0745. The molecule has 2 aliphatic heterocycles. The van der Waals surface area contributed by atoms with Crippen molar-refractivity contribution < 1.29 is 33.5 Å². The summed E-state index contributed by atoms with van der Waals surface area (Å²) in [4.78, 5) is 83.6. The summed E-state index contributed by atoms with van der Waals surface area (Å²) < 4.78 is 5.23. The third-order valence-electron chi connectivity index (χ3n) is 11.7. The van der Waals surface area contributed by atoms with Crippen molar-refractivity contribution in [3.8, 4) is 0 Å². The summed E-state index contributed by atoms with van der Waals surface area (Å²) in [6.07, 6.45) is 5.52. The number of amides is 7. The minimum Gasteiger partial charge on any atom is -0.444 e. The third-order valence-corrected chi connectivity index (χ3v) is 11.7. The second-order valence-corrected chi connectivity index (χ2v) is 18.3. The van der Waals surface area contributed by atoms with E-state index in [1.54, 1.807) is 9.80 Å². The van der Waals surface area contributed by atoms with Gasteiger partial charge in [-0.05, 0) is 101 Å². The molecule has 0 aliphatic carbocycles. The lowest BCUT2D eigenvalue weighted by atomic mass is 9.74. The number of ether oxygens (including phenoxy) is 1. The van der Waals surface area contributed by atoms with Gasteiger partial charge < -0.3 is 41.1 Å². The number of benzene rings is 3. The summed E-state index contributed by atoms with van der Waals surface area (Å²) in [6, 6.07) is 21.8. The molecule has 2 heterocycles. The van der Waals surface area contributed by atoms with Crippen LogP contribution in [0, 0.1) is 5.41 Å². The Morgan fingerprint density at radius 3 is 2.30 bits per heavy atom. The van der Waals surface area contributed by atoms with Gasteiger partial charge in [0.15, 0.2) is 0 Å². The predicted molar refractivity (Wildman–Crippen MR) is 245 cm³/mol. The number of rotatable bonds is 18. The zero-order chi connectivity index (χ0) is 45.4. The summed E-state index contributed by atoms with van der Waals surface area (Å²) in [7, 11) is 0. The van der Waals surface area contributed by atoms with Crippen molar-refractivity contribution >= 4 is 46.5 Å². The SMILES string of the molecule is CCNC(=O)[C@]1(Cc2ccccc2)CCCN(C(=O)[C@H](Cc2ccc3ccccc3c2)NC(=O)N[C@@H]2CCCN(C(=O)CC(C)NC(=O)CCCCCNC(=O)OC(C)(C)C)C2)C1. The highest BCUT2D eigenvalue weighted by Crippen LogP contribution is 2.35. The molecule has 7 amide bonds. The molecule has 2 saturated heterocycles. The van der Waals surface area contributed by atoms with Crippen LogP contribution in [-0.4, -0.2) is 109 Å². The molecule has 0 radical (unpaired) electrons. The first-order chi connectivity index (χ1) is 30.1. The van der Waals surface area contributed by atoms with Crippen LogP contribution in [-0.2, 0) is 36.8 Å². The van der Waals surface area contributed by atoms with E-state index < -0.39 is 29.2 Å². The highest BCUT2D eigenvalue weighted by molar-refractivity contribution is 5.90. The zero-order valence-electron chi connectivity index (χ0n) is 37.9. The van der Waals surface area contributed by atoms with Crippen molar-refractivity contribution in [1.82, 2.24) is 36.4 Å². The van der Waals surface area contributed by atoms with E-state index in [0.29, 0.717) is 77.7 Å². The Labute approximate surface area is 373 Å². The Morgan fingerprint density at radius 1 is 0.825 bits per heavy atom. The number of nitrogens with one attached hydrogen (secondary N) is 5. The van der Waals surface area contributed by atoms with E-state index in [2.05, 4.69) is 26.6 Å². The Morgan fingerprint density at radius 2 is 1.56 bits per heavy atom. The summed E-state index contributed by atoms with van der Waals surface area (Å²) in [6.45, 7) is 11.6. The highest BCUT2D eigenvalue weighted by atomic mass is 16.6. The van der Waals surface area contributed by atoms with Gasteiger partial charge in [-0.3, -0.25) is 19.2 Å². The molecule has 342 valence electrons. The number of carbonyl (C=O) groups excluding carboxylic acids is 6. The maximum absolute atomic E-state index is 14.6. The monoisotopic (exact) mass is 868 g/mol. The molecule has 14 nitrogen and oxygen atoms in total. The van der Waals surface area contributed by atoms with E-state index in [4.69, 9.17) is 4.74 Å². The maximum Gasteiger partial charge on any atom is 0.407 e. The second kappa shape index (κ2) is 23.1. The normalized spacial score (nSPS) is 18.7. The second-order valence-electron chi connectivity index (χ2n) is 18.3. The molecule has 5 N–H and O–H groups in total. The fraction of sp³-hybridized carbons (Fsp3) is 0.551. The summed E-state index contributed by atoms with van der Waals surface area (Å²) in [5, 5.41) is 16.9. The van der Waals surface area contributed by atoms with Gasteiger partial charge in [0, 0.05) is 70.6 Å². The molecule has 3 aromatic carbocycles. The van der Waals surface area contributed by atoms with Gasteiger partial charge in [0.2, 0.25) is 23.6 Å². The van der Waals surface area contributed by atoms with Crippen LogP contribution in [0.1, 0.15) is 104 Å². The van der Waals surface area contributed by atoms with Crippen LogP contribution in [0.5, 0.6) is 0 Å². The van der Waals surface area contributed by atoms with Gasteiger partial charge in [0.25, 0.3) is 0 Å². The number of unbranched alkanes of at least 4 members (excludes halogenated alkanes) is 2. The van der Waals surface area contributed by atoms with E-state index in [1.807, 2.05) is 107 Å². The number of hydrogen-bond acceptors (Lipinski definition) is 7. The number of alkyl carbamates (subject to hydrolysis) is 1. The summed E-state index contributed by atoms with van der Waals surface area (Å²) in [5.41, 5.74) is 0.548. The van der Waals surface area contributed by atoms with Gasteiger partial charge in [-0.1, -0.05) is 79.2 Å². The van der Waals surface area contributed by atoms with Gasteiger partial charge in [-0.2, -0.15) is 0 Å². The van der Waals surface area contributed by atoms with Gasteiger partial charge in [0.05, 0.1) is 5.41 Å². The van der Waals surface area contributed by atoms with Crippen LogP contribution in [0.4, 0.5) is 9.59 Å². The molecule has 63 heavy (non-hydrogen) atoms. The molecule has 0 bridgehead atoms. The van der Waals surface area contributed by atoms with Gasteiger partial charge in [0.1, 0.15) is 11.6 Å². The molecule has 1 unspecified atom stereocenters. The molecule has 2 aliphatic rings. The van der Waals surface area contributed by atoms with E-state index >= 15 is 0 Å². The smallest absolute Gasteiger partial charge is 0.407 e. The molecule has 0 spiro atoms. The summed E-state index contributed by atoms with van der Waals surface area (Å²) in [5.74, 6) is -0.557. The summed E-state index contributed by atoms with van der Waals surface area (Å²) >= 11 is 0. The maximum atomic E-state index is 14.6. The van der Waals surface area contributed by atoms with Crippen molar-refractivity contribution in [3.05, 3.63) is 83.9 Å². The number of fused-ring (bicyclic) bond motifs is 1. The highest BCUT2D eigenvalue weighted by Gasteiger charge is 2.44. The van der Waals surface area contributed by atoms with Crippen molar-refractivity contribution in [3.63, 3.8) is 0 Å². The fourth-order valence-electron chi connectivity index (χ4n) is 8.67. The largest absolute Gasteiger partial charge is 0.444 e. The quantitative estimate of drug-likeness (QED) is 0.0973. The first kappa shape index (κ1) is 48.4. The molecular formula is C49H69N7O7. The minimum atomic E-state index is -0.910. The Hall–Kier alpha value is -5.66. The van der Waals surface area contributed by atoms with E-state index in [-0.39, 0.29) is 55.1 Å². The van der Waals surface area contributed by atoms with Crippen LogP contribution >= 0.6 is 0 Å². The molecule has 4 atom stereocenters. The average molecular weight is 868 g/mol. The molecule has 0 saturated carbocycles. The van der Waals surface area contributed by atoms with Gasteiger partial charge >= 0.3 is 12.1 Å². The van der Waals surface area contributed by atoms with Crippen molar-refractivity contribution in [2.45, 2.75) is 129 Å². The van der Waals surface area contributed by atoms with Crippen LogP contribution in [0.25, 0.3) is 10.8 Å². The molecule has 3 aromatic rings. The Bertz CT molecular complexity index is 2020. The van der Waals surface area contributed by atoms with Crippen molar-refractivity contribution in [1.29, 1.82) is 0 Å². The third kappa shape index (κ3) is 15.3. The number of urea groups is 1. The molecule has 2 fully saturated rings. The molecule has 14 heteroatoms. The average Bonchev–Trinajstić information content (AvgIpc) is 3.24. The lowest BCUT2D eigenvalue weighted by Crippen LogP contribution is -2.60. The molecular weight excluding hydrogens is 799 g/mol. The number of carbonyl (C=O) groups is 6. The zero-order valence-corrected chi connectivity index (χ0v) is 37.9. The van der Waals surface area contributed by atoms with E-state index in [1.165, 1.54) is 0 Å². The van der Waals surface area contributed by atoms with E-state index in [0.717, 1.165) is 34.7 Å². The lowest BCUT2D eigenvalue weighted by molar-refractivity contribution is -0.143. The van der Waals surface area contributed by atoms with Crippen LogP contribution in [0.2, 0.25) is 0 Å². The van der Waals surface area contributed by atoms with Crippen molar-refractivity contribution in [2.24, 2.45) is 5.41 Å². The molecule has 0 aromatic heterocycles. The lowest BCUT2D eigenvalue weighted by Gasteiger charge is -2.43. The number of likely N-dealkylation sites (tertiary alicyclic amines) is 2. The van der Waals surface area contributed by atoms with Crippen LogP contribution < -0.4 is 26.6 Å². The fourth-order valence-corrected chi connectivity index (χ4v) is 8.67. The van der Waals surface area contributed by atoms with Gasteiger partial charge in [-0.15, -0.1) is 0 Å². The van der Waals surface area contributed by atoms with Crippen LogP contribution in [0.3, 0.4) is 0 Å². The first-order valence-corrected chi connectivity index (χ1v) is 22.8. The number of hydrogen-bond donors (Lipinski definition) is 5. The topological polar surface area (TPSA) is 178 Å². The number of piperidine rings is 2. The predicted octanol–water partition coefficient (Wildman–Crippen LogP) is 6.01. The van der Waals surface area contributed by atoms with Crippen LogP contribution in [0.15, 0.2) is 72.8 Å². The number of nitrogens with zero attached hydrogens (tertiary/aromatic N) is 2. The van der Waals surface area contributed by atoms with Crippen molar-refractivity contribution in [2.75, 3.05) is 39.3 Å². The van der Waals surface area contributed by atoms with Gasteiger partial charge in [-0.25, -0.2) is 9.59 Å². The first-order valence-electron chi connectivity index (χ1n) is 22.8. The Balaban J connectivity index is 1.16. The molecule has 5 rings (SSSR count). The standard InChI is InChI=1S/C49H69N7O7/c1-6-50-45(60)49(32-36-17-9-7-10-18-36)25-16-28-56(34-49)44(59)41(31-37-23-24-38-19-12-13-20-39(38)30-37)54-46(61)53-40-21-15-27-55(33-40)43(58)29-35(2)52-42(57)22-11-8-14-26-51-47(62)63-48(3,4)5/h7,9-10,12-13,17-20,23-24,30,35,40-41H,6,8,11,14-16,21-22,25-29,31-34H2,1-5H3,(H,50,60)(H,51,62)(H,52,57)(H2,53,54,61)/t35?,40-,41+,49+/m1/s1. The Kier molecular flexibility index (Phi) is 17.8.